The van der Waals surface area contributed by atoms with E-state index >= 15 is 0 Å². The molecule has 0 atom stereocenters. The lowest BCUT2D eigenvalue weighted by Crippen LogP contribution is -2.33. The number of anilines is 3. The molecule has 1 heterocycles. The van der Waals surface area contributed by atoms with E-state index < -0.39 is 0 Å². The normalized spacial score (nSPS) is 16.4. The van der Waals surface area contributed by atoms with Crippen LogP contribution in [-0.2, 0) is 0 Å². The van der Waals surface area contributed by atoms with Crippen molar-refractivity contribution in [2.75, 3.05) is 42.7 Å². The van der Waals surface area contributed by atoms with E-state index in [0.717, 1.165) is 19.5 Å². The number of nitrogens with one attached hydrogen (secondary N) is 2. The van der Waals surface area contributed by atoms with E-state index in [-0.39, 0.29) is 0 Å². The molecule has 0 saturated heterocycles. The lowest BCUT2D eigenvalue weighted by atomic mass is 9.70. The Hall–Kier alpha value is -1.59. The Morgan fingerprint density at radius 3 is 2.25 bits per heavy atom. The predicted octanol–water partition coefficient (Wildman–Crippen LogP) is 2.36. The van der Waals surface area contributed by atoms with Gasteiger partial charge in [0.15, 0.2) is 0 Å². The number of rotatable bonds is 7. The lowest BCUT2D eigenvalue weighted by molar-refractivity contribution is 0.179. The minimum Gasteiger partial charge on any atom is -0.354 e. The second-order valence-electron chi connectivity index (χ2n) is 6.12. The van der Waals surface area contributed by atoms with Crippen molar-refractivity contribution in [3.05, 3.63) is 0 Å². The Balaban J connectivity index is 2.07. The van der Waals surface area contributed by atoms with E-state index in [1.54, 1.807) is 0 Å². The molecule has 0 spiro atoms. The van der Waals surface area contributed by atoms with Gasteiger partial charge in [0.2, 0.25) is 17.8 Å². The van der Waals surface area contributed by atoms with Crippen molar-refractivity contribution in [3.8, 4) is 0 Å². The minimum atomic E-state index is 0.405. The first-order valence-electron chi connectivity index (χ1n) is 7.43. The smallest absolute Gasteiger partial charge is 0.231 e. The minimum absolute atomic E-state index is 0.405. The average molecular weight is 278 g/mol. The summed E-state index contributed by atoms with van der Waals surface area (Å²) in [5, 5.41) is 6.60. The van der Waals surface area contributed by atoms with Gasteiger partial charge in [-0.1, -0.05) is 20.3 Å². The molecule has 2 rings (SSSR count). The van der Waals surface area contributed by atoms with Crippen LogP contribution in [0.4, 0.5) is 17.8 Å². The zero-order chi connectivity index (χ0) is 14.6. The van der Waals surface area contributed by atoms with Gasteiger partial charge in [-0.25, -0.2) is 0 Å². The molecular formula is C14H26N6. The van der Waals surface area contributed by atoms with Crippen molar-refractivity contribution in [2.45, 2.75) is 39.5 Å². The Morgan fingerprint density at radius 2 is 1.75 bits per heavy atom. The maximum atomic E-state index is 4.46. The SMILES string of the molecule is CCCNc1nc(NCC2(C)CCC2)nc(N(C)C)n1. The number of nitrogens with zero attached hydrogens (tertiary/aromatic N) is 4. The third-order valence-corrected chi connectivity index (χ3v) is 3.79. The molecule has 1 aliphatic rings. The molecule has 20 heavy (non-hydrogen) atoms. The van der Waals surface area contributed by atoms with E-state index in [0.29, 0.717) is 23.3 Å². The van der Waals surface area contributed by atoms with E-state index in [2.05, 4.69) is 39.4 Å². The Kier molecular flexibility index (Phi) is 4.62. The van der Waals surface area contributed by atoms with Crippen molar-refractivity contribution < 1.29 is 0 Å². The topological polar surface area (TPSA) is 66.0 Å². The molecule has 112 valence electrons. The first kappa shape index (κ1) is 14.8. The Bertz CT molecular complexity index is 441. The lowest BCUT2D eigenvalue weighted by Gasteiger charge is -2.38. The highest BCUT2D eigenvalue weighted by Gasteiger charge is 2.31. The summed E-state index contributed by atoms with van der Waals surface area (Å²) in [7, 11) is 3.88. The van der Waals surface area contributed by atoms with Crippen LogP contribution in [0.2, 0.25) is 0 Å². The van der Waals surface area contributed by atoms with Gasteiger partial charge in [-0.15, -0.1) is 0 Å². The first-order chi connectivity index (χ1) is 9.52. The molecular weight excluding hydrogens is 252 g/mol. The van der Waals surface area contributed by atoms with E-state index in [1.165, 1.54) is 19.3 Å². The van der Waals surface area contributed by atoms with Crippen LogP contribution in [0.3, 0.4) is 0 Å². The summed E-state index contributed by atoms with van der Waals surface area (Å²) in [5.41, 5.74) is 0.405. The standard InChI is InChI=1S/C14H26N6/c1-5-9-15-11-17-12(19-13(18-11)20(3)4)16-10-14(2)7-6-8-14/h5-10H2,1-4H3,(H2,15,16,17,18,19). The molecule has 0 bridgehead atoms. The number of aromatic nitrogens is 3. The first-order valence-corrected chi connectivity index (χ1v) is 7.43. The van der Waals surface area contributed by atoms with Gasteiger partial charge in [0.25, 0.3) is 0 Å². The third kappa shape index (κ3) is 3.71. The van der Waals surface area contributed by atoms with Crippen molar-refractivity contribution in [3.63, 3.8) is 0 Å². The molecule has 1 aliphatic carbocycles. The molecule has 0 amide bonds. The summed E-state index contributed by atoms with van der Waals surface area (Å²) >= 11 is 0. The van der Waals surface area contributed by atoms with E-state index in [9.17, 15) is 0 Å². The second-order valence-corrected chi connectivity index (χ2v) is 6.12. The van der Waals surface area contributed by atoms with Crippen LogP contribution in [0.1, 0.15) is 39.5 Å². The van der Waals surface area contributed by atoms with Gasteiger partial charge in [-0.05, 0) is 24.7 Å². The van der Waals surface area contributed by atoms with Crippen molar-refractivity contribution in [1.82, 2.24) is 15.0 Å². The van der Waals surface area contributed by atoms with Gasteiger partial charge in [0, 0.05) is 27.2 Å². The molecule has 0 radical (unpaired) electrons. The van der Waals surface area contributed by atoms with E-state index in [1.807, 2.05) is 19.0 Å². The Labute approximate surface area is 121 Å². The zero-order valence-electron chi connectivity index (χ0n) is 13.0. The second kappa shape index (κ2) is 6.24. The summed E-state index contributed by atoms with van der Waals surface area (Å²) in [5.74, 6) is 1.99. The highest BCUT2D eigenvalue weighted by Crippen LogP contribution is 2.40. The van der Waals surface area contributed by atoms with Crippen LogP contribution < -0.4 is 15.5 Å². The van der Waals surface area contributed by atoms with Crippen LogP contribution >= 0.6 is 0 Å². The van der Waals surface area contributed by atoms with Gasteiger partial charge in [-0.2, -0.15) is 15.0 Å². The molecule has 1 fully saturated rings. The maximum Gasteiger partial charge on any atom is 0.231 e. The quantitative estimate of drug-likeness (QED) is 0.798. The molecule has 6 nitrogen and oxygen atoms in total. The average Bonchev–Trinajstić information content (AvgIpc) is 2.40. The van der Waals surface area contributed by atoms with Gasteiger partial charge >= 0.3 is 0 Å². The van der Waals surface area contributed by atoms with Crippen molar-refractivity contribution >= 4 is 17.8 Å². The van der Waals surface area contributed by atoms with Crippen LogP contribution in [0.25, 0.3) is 0 Å². The maximum absolute atomic E-state index is 4.46. The summed E-state index contributed by atoms with van der Waals surface area (Å²) < 4.78 is 0. The van der Waals surface area contributed by atoms with E-state index in [4.69, 9.17) is 0 Å². The molecule has 1 saturated carbocycles. The van der Waals surface area contributed by atoms with Gasteiger partial charge in [0.05, 0.1) is 0 Å². The third-order valence-electron chi connectivity index (χ3n) is 3.79. The largest absolute Gasteiger partial charge is 0.354 e. The molecule has 0 aliphatic heterocycles. The fraction of sp³-hybridized carbons (Fsp3) is 0.786. The summed E-state index contributed by atoms with van der Waals surface area (Å²) in [4.78, 5) is 15.2. The summed E-state index contributed by atoms with van der Waals surface area (Å²) in [6.07, 6.45) is 4.95. The molecule has 1 aromatic heterocycles. The predicted molar refractivity (Wildman–Crippen MR) is 83.4 cm³/mol. The Morgan fingerprint density at radius 1 is 1.10 bits per heavy atom. The van der Waals surface area contributed by atoms with Gasteiger partial charge in [-0.3, -0.25) is 0 Å². The van der Waals surface area contributed by atoms with Crippen LogP contribution in [-0.4, -0.2) is 42.1 Å². The van der Waals surface area contributed by atoms with Gasteiger partial charge < -0.3 is 15.5 Å². The van der Waals surface area contributed by atoms with Crippen LogP contribution in [0, 0.1) is 5.41 Å². The van der Waals surface area contributed by atoms with Gasteiger partial charge in [0.1, 0.15) is 0 Å². The highest BCUT2D eigenvalue weighted by molar-refractivity contribution is 5.43. The van der Waals surface area contributed by atoms with Crippen LogP contribution in [0.5, 0.6) is 0 Å². The summed E-state index contributed by atoms with van der Waals surface area (Å²) in [6.45, 7) is 6.23. The molecule has 1 aromatic rings. The number of hydrogen-bond donors (Lipinski definition) is 2. The molecule has 6 heteroatoms. The fourth-order valence-electron chi connectivity index (χ4n) is 2.21. The van der Waals surface area contributed by atoms with Crippen molar-refractivity contribution in [1.29, 1.82) is 0 Å². The van der Waals surface area contributed by atoms with Crippen molar-refractivity contribution in [2.24, 2.45) is 5.41 Å². The monoisotopic (exact) mass is 278 g/mol. The number of hydrogen-bond acceptors (Lipinski definition) is 6. The highest BCUT2D eigenvalue weighted by atomic mass is 15.3. The summed E-state index contributed by atoms with van der Waals surface area (Å²) in [6, 6.07) is 0. The fourth-order valence-corrected chi connectivity index (χ4v) is 2.21. The zero-order valence-corrected chi connectivity index (χ0v) is 13.0. The molecule has 2 N–H and O–H groups in total. The van der Waals surface area contributed by atoms with Crippen LogP contribution in [0.15, 0.2) is 0 Å². The molecule has 0 unspecified atom stereocenters. The molecule has 0 aromatic carbocycles.